The van der Waals surface area contributed by atoms with Crippen molar-refractivity contribution in [1.82, 2.24) is 4.98 Å². The van der Waals surface area contributed by atoms with Gasteiger partial charge in [-0.2, -0.15) is 0 Å². The third-order valence-electron chi connectivity index (χ3n) is 4.27. The Bertz CT molecular complexity index is 663. The first-order chi connectivity index (χ1) is 9.70. The van der Waals surface area contributed by atoms with Gasteiger partial charge in [0.25, 0.3) is 0 Å². The van der Waals surface area contributed by atoms with E-state index in [-0.39, 0.29) is 0 Å². The number of hydrogen-bond donors (Lipinski definition) is 1. The normalized spacial score (nSPS) is 17.9. The van der Waals surface area contributed by atoms with E-state index in [4.69, 9.17) is 4.98 Å². The summed E-state index contributed by atoms with van der Waals surface area (Å²) in [5.74, 6) is -0.217. The monoisotopic (exact) mass is 269 g/mol. The molecule has 0 radical (unpaired) electrons. The van der Waals surface area contributed by atoms with Gasteiger partial charge in [0.05, 0.1) is 11.1 Å². The number of benzene rings is 1. The summed E-state index contributed by atoms with van der Waals surface area (Å²) in [5.41, 5.74) is 3.25. The summed E-state index contributed by atoms with van der Waals surface area (Å²) in [7, 11) is 0. The fourth-order valence-corrected chi connectivity index (χ4v) is 3.36. The molecule has 1 aliphatic rings. The summed E-state index contributed by atoms with van der Waals surface area (Å²) in [6.45, 7) is 2.19. The van der Waals surface area contributed by atoms with Crippen molar-refractivity contribution >= 4 is 16.9 Å². The van der Waals surface area contributed by atoms with E-state index in [9.17, 15) is 9.90 Å². The third-order valence-corrected chi connectivity index (χ3v) is 4.27. The van der Waals surface area contributed by atoms with Crippen LogP contribution in [-0.2, 0) is 12.8 Å². The number of rotatable bonds is 3. The number of hydrogen-bond acceptors (Lipinski definition) is 2. The molecular weight excluding hydrogens is 250 g/mol. The van der Waals surface area contributed by atoms with Gasteiger partial charge in [0.15, 0.2) is 0 Å². The first kappa shape index (κ1) is 13.1. The minimum Gasteiger partial charge on any atom is -0.478 e. The first-order valence-electron chi connectivity index (χ1n) is 7.34. The van der Waals surface area contributed by atoms with Crippen LogP contribution >= 0.6 is 0 Å². The molecule has 1 heterocycles. The Labute approximate surface area is 118 Å². The Hall–Kier alpha value is -1.90. The maximum Gasteiger partial charge on any atom is 0.336 e. The highest BCUT2D eigenvalue weighted by Crippen LogP contribution is 2.33. The maximum absolute atomic E-state index is 11.7. The molecule has 104 valence electrons. The lowest BCUT2D eigenvalue weighted by atomic mass is 9.81. The van der Waals surface area contributed by atoms with E-state index in [1.165, 1.54) is 6.42 Å². The molecule has 1 aromatic carbocycles. The molecule has 3 nitrogen and oxygen atoms in total. The number of carboxylic acid groups (broad SMARTS) is 1. The van der Waals surface area contributed by atoms with Gasteiger partial charge in [0.2, 0.25) is 0 Å². The zero-order chi connectivity index (χ0) is 14.1. The molecular formula is C17H19NO2. The van der Waals surface area contributed by atoms with Crippen LogP contribution in [0.15, 0.2) is 24.3 Å². The van der Waals surface area contributed by atoms with Crippen LogP contribution in [0, 0.1) is 5.92 Å². The van der Waals surface area contributed by atoms with E-state index < -0.39 is 5.97 Å². The Balaban J connectivity index is 2.18. The standard InChI is InChI=1S/C17H19NO2/c1-2-5-11-8-9-15-13(10-11)16(17(19)20)12-6-3-4-7-14(12)18-15/h3-4,6-7,11H,2,5,8-10H2,1H3,(H,19,20)/t11-/m0/s1. The number of aryl methyl sites for hydroxylation is 1. The fraction of sp³-hybridized carbons (Fsp3) is 0.412. The molecule has 1 N–H and O–H groups in total. The molecule has 1 atom stereocenters. The van der Waals surface area contributed by atoms with Crippen molar-refractivity contribution < 1.29 is 9.90 Å². The summed E-state index contributed by atoms with van der Waals surface area (Å²) in [6.07, 6.45) is 5.23. The second-order valence-electron chi connectivity index (χ2n) is 5.63. The van der Waals surface area contributed by atoms with Gasteiger partial charge in [-0.15, -0.1) is 0 Å². The number of carboxylic acids is 1. The second-order valence-corrected chi connectivity index (χ2v) is 5.63. The van der Waals surface area contributed by atoms with E-state index in [2.05, 4.69) is 6.92 Å². The number of para-hydroxylation sites is 1. The van der Waals surface area contributed by atoms with Gasteiger partial charge in [0, 0.05) is 11.1 Å². The van der Waals surface area contributed by atoms with Crippen LogP contribution in [0.1, 0.15) is 47.8 Å². The van der Waals surface area contributed by atoms with Gasteiger partial charge >= 0.3 is 5.97 Å². The summed E-state index contributed by atoms with van der Waals surface area (Å²) in [5, 5.41) is 10.4. The number of carbonyl (C=O) groups is 1. The van der Waals surface area contributed by atoms with Crippen molar-refractivity contribution in [3.05, 3.63) is 41.1 Å². The van der Waals surface area contributed by atoms with Crippen LogP contribution in [0.5, 0.6) is 0 Å². The van der Waals surface area contributed by atoms with Gasteiger partial charge in [-0.25, -0.2) is 4.79 Å². The molecule has 1 aromatic heterocycles. The van der Waals surface area contributed by atoms with Crippen LogP contribution in [0.3, 0.4) is 0 Å². The molecule has 20 heavy (non-hydrogen) atoms. The van der Waals surface area contributed by atoms with Crippen LogP contribution in [0.2, 0.25) is 0 Å². The highest BCUT2D eigenvalue weighted by atomic mass is 16.4. The molecule has 3 rings (SSSR count). The molecule has 0 saturated heterocycles. The molecule has 1 aliphatic carbocycles. The van der Waals surface area contributed by atoms with E-state index in [1.54, 1.807) is 0 Å². The summed E-state index contributed by atoms with van der Waals surface area (Å²) < 4.78 is 0. The van der Waals surface area contributed by atoms with E-state index >= 15 is 0 Å². The largest absolute Gasteiger partial charge is 0.478 e. The number of aromatic carboxylic acids is 1. The lowest BCUT2D eigenvalue weighted by Crippen LogP contribution is -2.19. The zero-order valence-electron chi connectivity index (χ0n) is 11.7. The molecule has 3 heteroatoms. The van der Waals surface area contributed by atoms with Crippen LogP contribution < -0.4 is 0 Å². The summed E-state index contributed by atoms with van der Waals surface area (Å²) >= 11 is 0. The first-order valence-corrected chi connectivity index (χ1v) is 7.34. The van der Waals surface area contributed by atoms with Crippen molar-refractivity contribution in [2.75, 3.05) is 0 Å². The number of nitrogens with zero attached hydrogens (tertiary/aromatic N) is 1. The van der Waals surface area contributed by atoms with Gasteiger partial charge < -0.3 is 5.11 Å². The van der Waals surface area contributed by atoms with E-state index in [0.29, 0.717) is 11.5 Å². The number of fused-ring (bicyclic) bond motifs is 2. The van der Waals surface area contributed by atoms with Crippen LogP contribution in [0.4, 0.5) is 0 Å². The topological polar surface area (TPSA) is 50.2 Å². The SMILES string of the molecule is CCC[C@H]1CCc2nc3ccccc3c(C(=O)O)c2C1. The van der Waals surface area contributed by atoms with Crippen molar-refractivity contribution in [3.63, 3.8) is 0 Å². The van der Waals surface area contributed by atoms with Gasteiger partial charge in [-0.05, 0) is 36.8 Å². The quantitative estimate of drug-likeness (QED) is 0.921. The Morgan fingerprint density at radius 1 is 1.40 bits per heavy atom. The molecule has 0 unspecified atom stereocenters. The number of pyridine rings is 1. The van der Waals surface area contributed by atoms with Gasteiger partial charge in [-0.1, -0.05) is 38.0 Å². The van der Waals surface area contributed by atoms with Gasteiger partial charge in [0.1, 0.15) is 0 Å². The number of aromatic nitrogens is 1. The summed E-state index contributed by atoms with van der Waals surface area (Å²) in [4.78, 5) is 16.4. The predicted octanol–water partition coefficient (Wildman–Crippen LogP) is 3.84. The highest BCUT2D eigenvalue weighted by molar-refractivity contribution is 6.04. The maximum atomic E-state index is 11.7. The van der Waals surface area contributed by atoms with Crippen molar-refractivity contribution in [3.8, 4) is 0 Å². The van der Waals surface area contributed by atoms with E-state index in [1.807, 2.05) is 24.3 Å². The molecule has 0 amide bonds. The molecule has 0 aliphatic heterocycles. The average Bonchev–Trinajstić information content (AvgIpc) is 2.44. The highest BCUT2D eigenvalue weighted by Gasteiger charge is 2.26. The fourth-order valence-electron chi connectivity index (χ4n) is 3.36. The van der Waals surface area contributed by atoms with Gasteiger partial charge in [-0.3, -0.25) is 4.98 Å². The minimum absolute atomic E-state index is 0.478. The average molecular weight is 269 g/mol. The van der Waals surface area contributed by atoms with Crippen molar-refractivity contribution in [2.24, 2.45) is 5.92 Å². The van der Waals surface area contributed by atoms with Crippen molar-refractivity contribution in [2.45, 2.75) is 39.0 Å². The molecule has 0 fully saturated rings. The third kappa shape index (κ3) is 2.17. The van der Waals surface area contributed by atoms with Crippen LogP contribution in [-0.4, -0.2) is 16.1 Å². The molecule has 2 aromatic rings. The smallest absolute Gasteiger partial charge is 0.336 e. The Morgan fingerprint density at radius 3 is 2.95 bits per heavy atom. The van der Waals surface area contributed by atoms with Crippen LogP contribution in [0.25, 0.3) is 10.9 Å². The molecule has 0 bridgehead atoms. The Kier molecular flexibility index (Phi) is 3.43. The zero-order valence-corrected chi connectivity index (χ0v) is 11.7. The second kappa shape index (κ2) is 5.23. The van der Waals surface area contributed by atoms with Crippen molar-refractivity contribution in [1.29, 1.82) is 0 Å². The lowest BCUT2D eigenvalue weighted by molar-refractivity contribution is 0.0697. The molecule has 0 saturated carbocycles. The van der Waals surface area contributed by atoms with E-state index in [0.717, 1.165) is 47.8 Å². The Morgan fingerprint density at radius 2 is 2.20 bits per heavy atom. The minimum atomic E-state index is -0.822. The predicted molar refractivity (Wildman–Crippen MR) is 79.1 cm³/mol. The lowest BCUT2D eigenvalue weighted by Gasteiger charge is -2.25. The molecule has 0 spiro atoms. The summed E-state index contributed by atoms with van der Waals surface area (Å²) in [6, 6.07) is 7.57.